The van der Waals surface area contributed by atoms with Crippen LogP contribution in [0.4, 0.5) is 0 Å². The lowest BCUT2D eigenvalue weighted by atomic mass is 10.3. The Balaban J connectivity index is 1.62. The van der Waals surface area contributed by atoms with Crippen LogP contribution in [0, 0.1) is 0 Å². The topological polar surface area (TPSA) is 43.1 Å². The Hall–Kier alpha value is -1.01. The van der Waals surface area contributed by atoms with Crippen molar-refractivity contribution in [2.24, 2.45) is 0 Å². The number of oxazole rings is 1. The first kappa shape index (κ1) is 15.9. The van der Waals surface area contributed by atoms with E-state index in [-0.39, 0.29) is 0 Å². The van der Waals surface area contributed by atoms with Crippen LogP contribution in [-0.2, 0) is 10.8 Å². The molecule has 3 aromatic rings. The SMILES string of the molecule is O=[S@](CCSc1nc2ccccc2o1)c1cc(Cl)ccc1Cl. The van der Waals surface area contributed by atoms with Crippen LogP contribution < -0.4 is 0 Å². The molecule has 1 heterocycles. The van der Waals surface area contributed by atoms with E-state index >= 15 is 0 Å². The summed E-state index contributed by atoms with van der Waals surface area (Å²) in [6.45, 7) is 0. The monoisotopic (exact) mass is 371 g/mol. The molecule has 0 N–H and O–H groups in total. The quantitative estimate of drug-likeness (QED) is 0.589. The molecule has 0 unspecified atom stereocenters. The lowest BCUT2D eigenvalue weighted by Gasteiger charge is -2.04. The summed E-state index contributed by atoms with van der Waals surface area (Å²) >= 11 is 13.4. The number of halogens is 2. The van der Waals surface area contributed by atoms with Crippen LogP contribution in [0.3, 0.4) is 0 Å². The van der Waals surface area contributed by atoms with Crippen molar-refractivity contribution in [3.05, 3.63) is 52.5 Å². The summed E-state index contributed by atoms with van der Waals surface area (Å²) in [7, 11) is -1.20. The fourth-order valence-electron chi connectivity index (χ4n) is 1.88. The van der Waals surface area contributed by atoms with Crippen molar-refractivity contribution >= 4 is 56.9 Å². The van der Waals surface area contributed by atoms with Gasteiger partial charge in [-0.25, -0.2) is 4.98 Å². The molecule has 0 spiro atoms. The van der Waals surface area contributed by atoms with Gasteiger partial charge in [0.25, 0.3) is 5.22 Å². The summed E-state index contributed by atoms with van der Waals surface area (Å²) in [6.07, 6.45) is 0. The van der Waals surface area contributed by atoms with Gasteiger partial charge in [0.05, 0.1) is 20.7 Å². The number of hydrogen-bond acceptors (Lipinski definition) is 4. The lowest BCUT2D eigenvalue weighted by molar-refractivity contribution is 0.489. The smallest absolute Gasteiger partial charge is 0.256 e. The first-order valence-electron chi connectivity index (χ1n) is 6.45. The molecular formula is C15H11Cl2NO2S2. The van der Waals surface area contributed by atoms with Gasteiger partial charge >= 0.3 is 0 Å². The van der Waals surface area contributed by atoms with Crippen LogP contribution in [0.25, 0.3) is 11.1 Å². The van der Waals surface area contributed by atoms with E-state index in [1.165, 1.54) is 11.8 Å². The number of hydrogen-bond donors (Lipinski definition) is 0. The number of thioether (sulfide) groups is 1. The Morgan fingerprint density at radius 3 is 2.82 bits per heavy atom. The minimum absolute atomic E-state index is 0.448. The second-order valence-corrected chi connectivity index (χ2v) is 7.85. The maximum absolute atomic E-state index is 12.3. The molecule has 0 radical (unpaired) electrons. The molecule has 3 rings (SSSR count). The molecule has 0 saturated carbocycles. The van der Waals surface area contributed by atoms with Crippen LogP contribution >= 0.6 is 35.0 Å². The largest absolute Gasteiger partial charge is 0.431 e. The zero-order valence-corrected chi connectivity index (χ0v) is 14.4. The standard InChI is InChI=1S/C15H11Cl2NO2S2/c16-10-5-6-11(17)14(9-10)22(19)8-7-21-15-18-12-3-1-2-4-13(12)20-15/h1-6,9H,7-8H2/t22-/m1/s1. The summed E-state index contributed by atoms with van der Waals surface area (Å²) in [5, 5.41) is 1.57. The van der Waals surface area contributed by atoms with Gasteiger partial charge in [-0.05, 0) is 30.3 Å². The van der Waals surface area contributed by atoms with E-state index in [2.05, 4.69) is 4.98 Å². The molecule has 0 aliphatic heterocycles. The van der Waals surface area contributed by atoms with Crippen molar-refractivity contribution in [2.45, 2.75) is 10.1 Å². The molecular weight excluding hydrogens is 361 g/mol. The van der Waals surface area contributed by atoms with Gasteiger partial charge in [-0.2, -0.15) is 0 Å². The summed E-state index contributed by atoms with van der Waals surface area (Å²) in [5.74, 6) is 1.06. The predicted molar refractivity (Wildman–Crippen MR) is 92.5 cm³/mol. The molecule has 7 heteroatoms. The third kappa shape index (κ3) is 3.66. The Bertz CT molecular complexity index is 802. The van der Waals surface area contributed by atoms with Gasteiger partial charge < -0.3 is 4.42 Å². The van der Waals surface area contributed by atoms with Gasteiger partial charge in [0.2, 0.25) is 0 Å². The molecule has 1 atom stereocenters. The lowest BCUT2D eigenvalue weighted by Crippen LogP contribution is -2.01. The zero-order valence-electron chi connectivity index (χ0n) is 11.3. The van der Waals surface area contributed by atoms with Gasteiger partial charge in [-0.1, -0.05) is 47.1 Å². The minimum Gasteiger partial charge on any atom is -0.431 e. The third-order valence-electron chi connectivity index (χ3n) is 2.91. The molecule has 0 amide bonds. The molecule has 1 aromatic heterocycles. The molecule has 0 saturated heterocycles. The first-order valence-corrected chi connectivity index (χ1v) is 9.51. The number of benzene rings is 2. The van der Waals surface area contributed by atoms with Crippen LogP contribution in [0.2, 0.25) is 10.0 Å². The van der Waals surface area contributed by atoms with Gasteiger partial charge in [0.1, 0.15) is 5.52 Å². The van der Waals surface area contributed by atoms with E-state index in [0.29, 0.717) is 31.7 Å². The van der Waals surface area contributed by atoms with Gasteiger partial charge in [0.15, 0.2) is 5.58 Å². The molecule has 2 aromatic carbocycles. The van der Waals surface area contributed by atoms with Crippen molar-refractivity contribution < 1.29 is 8.63 Å². The highest BCUT2D eigenvalue weighted by atomic mass is 35.5. The van der Waals surface area contributed by atoms with Crippen LogP contribution in [0.5, 0.6) is 0 Å². The van der Waals surface area contributed by atoms with E-state index in [4.69, 9.17) is 27.6 Å². The van der Waals surface area contributed by atoms with Crippen LogP contribution in [0.15, 0.2) is 57.0 Å². The Morgan fingerprint density at radius 1 is 1.18 bits per heavy atom. The van der Waals surface area contributed by atoms with Crippen LogP contribution in [-0.4, -0.2) is 20.7 Å². The van der Waals surface area contributed by atoms with Crippen molar-refractivity contribution in [3.8, 4) is 0 Å². The number of nitrogens with zero attached hydrogens (tertiary/aromatic N) is 1. The number of fused-ring (bicyclic) bond motifs is 1. The van der Waals surface area contributed by atoms with Crippen molar-refractivity contribution in [3.63, 3.8) is 0 Å². The van der Waals surface area contributed by atoms with Gasteiger partial charge in [-0.3, -0.25) is 4.21 Å². The Morgan fingerprint density at radius 2 is 2.00 bits per heavy atom. The van der Waals surface area contributed by atoms with Crippen molar-refractivity contribution in [1.82, 2.24) is 4.98 Å². The molecule has 114 valence electrons. The average molecular weight is 372 g/mol. The molecule has 0 aliphatic rings. The minimum atomic E-state index is -1.20. The highest BCUT2D eigenvalue weighted by Crippen LogP contribution is 2.26. The second-order valence-electron chi connectivity index (χ2n) is 4.42. The van der Waals surface area contributed by atoms with Crippen molar-refractivity contribution in [2.75, 3.05) is 11.5 Å². The molecule has 0 bridgehead atoms. The Kier molecular flexibility index (Phi) is 5.08. The predicted octanol–water partition coefficient (Wildman–Crippen LogP) is 5.03. The molecule has 0 fully saturated rings. The molecule has 3 nitrogen and oxygen atoms in total. The molecule has 22 heavy (non-hydrogen) atoms. The van der Waals surface area contributed by atoms with Gasteiger partial charge in [0, 0.05) is 16.5 Å². The zero-order chi connectivity index (χ0) is 15.5. The summed E-state index contributed by atoms with van der Waals surface area (Å²) in [6, 6.07) is 12.6. The fraction of sp³-hybridized carbons (Fsp3) is 0.133. The summed E-state index contributed by atoms with van der Waals surface area (Å²) in [5.41, 5.74) is 1.58. The van der Waals surface area contributed by atoms with Crippen molar-refractivity contribution in [1.29, 1.82) is 0 Å². The van der Waals surface area contributed by atoms with Crippen LogP contribution in [0.1, 0.15) is 0 Å². The second kappa shape index (κ2) is 7.04. The Labute approximate surface area is 144 Å². The fourth-order valence-corrected chi connectivity index (χ4v) is 4.68. The maximum atomic E-state index is 12.3. The number of para-hydroxylation sites is 2. The maximum Gasteiger partial charge on any atom is 0.256 e. The first-order chi connectivity index (χ1) is 10.6. The average Bonchev–Trinajstić information content (AvgIpc) is 2.92. The highest BCUT2D eigenvalue weighted by molar-refractivity contribution is 8.00. The van der Waals surface area contributed by atoms with Gasteiger partial charge in [-0.15, -0.1) is 0 Å². The number of aromatic nitrogens is 1. The summed E-state index contributed by atoms with van der Waals surface area (Å²) in [4.78, 5) is 4.93. The third-order valence-corrected chi connectivity index (χ3v) is 6.08. The van der Waals surface area contributed by atoms with E-state index in [9.17, 15) is 4.21 Å². The van der Waals surface area contributed by atoms with E-state index < -0.39 is 10.8 Å². The van der Waals surface area contributed by atoms with E-state index in [0.717, 1.165) is 11.1 Å². The van der Waals surface area contributed by atoms with E-state index in [1.807, 2.05) is 24.3 Å². The normalized spacial score (nSPS) is 12.6. The number of rotatable bonds is 5. The highest BCUT2D eigenvalue weighted by Gasteiger charge is 2.11. The molecule has 0 aliphatic carbocycles. The van der Waals surface area contributed by atoms with E-state index in [1.54, 1.807) is 18.2 Å². The summed E-state index contributed by atoms with van der Waals surface area (Å²) < 4.78 is 17.9.